The van der Waals surface area contributed by atoms with Gasteiger partial charge in [-0.25, -0.2) is 22.5 Å². The summed E-state index contributed by atoms with van der Waals surface area (Å²) >= 11 is 0. The third-order valence-corrected chi connectivity index (χ3v) is 10.2. The van der Waals surface area contributed by atoms with E-state index >= 15 is 0 Å². The Kier molecular flexibility index (Phi) is 5.67. The SMILES string of the molecule is O[C@@H]1CCC(F)(F)C[C@@H]1[C@H]1c2cc(N3C=C4c5ccccc5[C@H]([C@H]5CC(F)(F)CC[C@@H]5O)N4C3)ccc2-c2cncn21. The fourth-order valence-electron chi connectivity index (χ4n) is 8.22. The van der Waals surface area contributed by atoms with Crippen LogP contribution >= 0.6 is 0 Å². The van der Waals surface area contributed by atoms with E-state index < -0.39 is 48.4 Å². The number of alkyl halides is 4. The summed E-state index contributed by atoms with van der Waals surface area (Å²) in [6.45, 7) is 0.408. The molecule has 220 valence electrons. The number of nitrogens with zero attached hydrogens (tertiary/aromatic N) is 4. The first-order chi connectivity index (χ1) is 20.1. The summed E-state index contributed by atoms with van der Waals surface area (Å²) in [5.41, 5.74) is 6.32. The second-order valence-electron chi connectivity index (χ2n) is 12.7. The molecule has 8 rings (SSSR count). The summed E-state index contributed by atoms with van der Waals surface area (Å²) in [5, 5.41) is 21.8. The zero-order chi connectivity index (χ0) is 29.0. The highest BCUT2D eigenvalue weighted by atomic mass is 19.3. The van der Waals surface area contributed by atoms with E-state index in [1.54, 1.807) is 12.5 Å². The lowest BCUT2D eigenvalue weighted by Crippen LogP contribution is -2.43. The third kappa shape index (κ3) is 3.94. The summed E-state index contributed by atoms with van der Waals surface area (Å²) in [6, 6.07) is 12.9. The highest BCUT2D eigenvalue weighted by Gasteiger charge is 2.51. The van der Waals surface area contributed by atoms with Crippen molar-refractivity contribution in [1.29, 1.82) is 0 Å². The van der Waals surface area contributed by atoms with Gasteiger partial charge in [-0.2, -0.15) is 0 Å². The molecule has 2 aliphatic carbocycles. The fraction of sp³-hybridized carbons (Fsp3) is 0.469. The molecule has 0 amide bonds. The molecule has 2 saturated carbocycles. The molecule has 2 N–H and O–H groups in total. The number of benzene rings is 2. The van der Waals surface area contributed by atoms with E-state index in [1.165, 1.54) is 0 Å². The highest BCUT2D eigenvalue weighted by Crippen LogP contribution is 2.54. The van der Waals surface area contributed by atoms with Crippen LogP contribution in [-0.2, 0) is 0 Å². The number of aliphatic hydroxyl groups is 2. The molecule has 2 fully saturated rings. The van der Waals surface area contributed by atoms with Gasteiger partial charge in [0.15, 0.2) is 0 Å². The molecule has 0 unspecified atom stereocenters. The van der Waals surface area contributed by atoms with Crippen molar-refractivity contribution in [2.75, 3.05) is 11.6 Å². The maximum atomic E-state index is 14.6. The third-order valence-electron chi connectivity index (χ3n) is 10.2. The standard InChI is InChI=1S/C32H32F4N4O2/c33-31(34)9-7-27(41)23(12-31)29-21-4-2-1-3-19(21)26-15-38(17-40(26)29)18-5-6-20-22(11-18)30(39-16-37-14-25(20)39)24-13-32(35,36)10-8-28(24)42/h1-6,11,14-16,23-24,27-30,41-42H,7-10,12-13,17H2/t23-,24-,27-,28+,29+,30+/m0/s1. The molecular formula is C32H32F4N4O2. The molecule has 1 aromatic heterocycles. The molecular weight excluding hydrogens is 548 g/mol. The van der Waals surface area contributed by atoms with Gasteiger partial charge in [0.05, 0.1) is 54.9 Å². The predicted octanol–water partition coefficient (Wildman–Crippen LogP) is 6.18. The van der Waals surface area contributed by atoms with Gasteiger partial charge in [0.1, 0.15) is 0 Å². The first-order valence-corrected chi connectivity index (χ1v) is 14.7. The summed E-state index contributed by atoms with van der Waals surface area (Å²) in [6.07, 6.45) is 2.47. The molecule has 6 atom stereocenters. The van der Waals surface area contributed by atoms with Crippen LogP contribution in [0, 0.1) is 11.8 Å². The zero-order valence-electron chi connectivity index (χ0n) is 22.9. The van der Waals surface area contributed by atoms with Gasteiger partial charge in [-0.15, -0.1) is 0 Å². The maximum absolute atomic E-state index is 14.6. The van der Waals surface area contributed by atoms with Gasteiger partial charge in [0.25, 0.3) is 0 Å². The van der Waals surface area contributed by atoms with Gasteiger partial charge in [-0.3, -0.25) is 0 Å². The Morgan fingerprint density at radius 3 is 2.24 bits per heavy atom. The number of anilines is 1. The van der Waals surface area contributed by atoms with E-state index in [2.05, 4.69) is 14.8 Å². The number of hydrogen-bond acceptors (Lipinski definition) is 5. The van der Waals surface area contributed by atoms with E-state index in [1.807, 2.05) is 53.2 Å². The van der Waals surface area contributed by atoms with Crippen LogP contribution in [0.2, 0.25) is 0 Å². The Hall–Kier alpha value is -3.37. The zero-order valence-corrected chi connectivity index (χ0v) is 22.9. The minimum absolute atomic E-state index is 0.0489. The van der Waals surface area contributed by atoms with Crippen molar-refractivity contribution in [3.63, 3.8) is 0 Å². The number of hydrogen-bond donors (Lipinski definition) is 2. The average Bonchev–Trinajstić information content (AvgIpc) is 3.71. The minimum atomic E-state index is -2.84. The van der Waals surface area contributed by atoms with Crippen molar-refractivity contribution in [3.8, 4) is 11.3 Å². The van der Waals surface area contributed by atoms with Crippen molar-refractivity contribution in [2.24, 2.45) is 11.8 Å². The smallest absolute Gasteiger partial charge is 0.248 e. The van der Waals surface area contributed by atoms with Gasteiger partial charge < -0.3 is 24.6 Å². The molecule has 3 aliphatic heterocycles. The Labute approximate surface area is 240 Å². The highest BCUT2D eigenvalue weighted by molar-refractivity contribution is 5.79. The van der Waals surface area contributed by atoms with Crippen molar-refractivity contribution < 1.29 is 27.8 Å². The van der Waals surface area contributed by atoms with Crippen LogP contribution in [0.15, 0.2) is 61.2 Å². The van der Waals surface area contributed by atoms with E-state index in [0.717, 1.165) is 39.3 Å². The van der Waals surface area contributed by atoms with Gasteiger partial charge >= 0.3 is 0 Å². The largest absolute Gasteiger partial charge is 0.393 e. The molecule has 0 bridgehead atoms. The monoisotopic (exact) mass is 580 g/mol. The van der Waals surface area contributed by atoms with Crippen LogP contribution in [0.4, 0.5) is 23.2 Å². The molecule has 0 saturated heterocycles. The molecule has 4 heterocycles. The van der Waals surface area contributed by atoms with Crippen molar-refractivity contribution in [2.45, 2.75) is 74.7 Å². The van der Waals surface area contributed by atoms with E-state index in [0.29, 0.717) is 6.67 Å². The number of imidazole rings is 1. The van der Waals surface area contributed by atoms with Crippen LogP contribution < -0.4 is 4.90 Å². The first kappa shape index (κ1) is 26.3. The number of aliphatic hydroxyl groups excluding tert-OH is 2. The Morgan fingerprint density at radius 2 is 1.50 bits per heavy atom. The normalized spacial score (nSPS) is 32.3. The number of rotatable bonds is 3. The second-order valence-corrected chi connectivity index (χ2v) is 12.7. The fourth-order valence-corrected chi connectivity index (χ4v) is 8.22. The van der Waals surface area contributed by atoms with E-state index in [9.17, 15) is 27.8 Å². The van der Waals surface area contributed by atoms with Crippen LogP contribution in [0.3, 0.4) is 0 Å². The van der Waals surface area contributed by atoms with Crippen molar-refractivity contribution >= 4 is 11.4 Å². The lowest BCUT2D eigenvalue weighted by Gasteiger charge is -2.40. The molecule has 6 nitrogen and oxygen atoms in total. The molecule has 3 aromatic rings. The molecule has 0 spiro atoms. The molecule has 2 aromatic carbocycles. The Morgan fingerprint density at radius 1 is 0.810 bits per heavy atom. The lowest BCUT2D eigenvalue weighted by atomic mass is 9.77. The summed E-state index contributed by atoms with van der Waals surface area (Å²) in [7, 11) is 0. The topological polar surface area (TPSA) is 64.8 Å². The van der Waals surface area contributed by atoms with E-state index in [4.69, 9.17) is 0 Å². The number of fused-ring (bicyclic) bond motifs is 6. The number of aromatic nitrogens is 2. The summed E-state index contributed by atoms with van der Waals surface area (Å²) in [4.78, 5) is 8.44. The summed E-state index contributed by atoms with van der Waals surface area (Å²) < 4.78 is 60.3. The Bertz CT molecular complexity index is 1590. The Balaban J connectivity index is 1.16. The quantitative estimate of drug-likeness (QED) is 0.363. The van der Waals surface area contributed by atoms with Crippen molar-refractivity contribution in [1.82, 2.24) is 14.5 Å². The summed E-state index contributed by atoms with van der Waals surface area (Å²) in [5.74, 6) is -6.93. The molecule has 5 aliphatic rings. The first-order valence-electron chi connectivity index (χ1n) is 14.7. The van der Waals surface area contributed by atoms with Crippen LogP contribution in [0.1, 0.15) is 67.3 Å². The van der Waals surface area contributed by atoms with Crippen LogP contribution in [0.25, 0.3) is 17.0 Å². The van der Waals surface area contributed by atoms with Gasteiger partial charge in [0, 0.05) is 60.5 Å². The molecule has 42 heavy (non-hydrogen) atoms. The number of halogens is 4. The van der Waals surface area contributed by atoms with Gasteiger partial charge in [-0.1, -0.05) is 30.3 Å². The maximum Gasteiger partial charge on any atom is 0.248 e. The minimum Gasteiger partial charge on any atom is -0.393 e. The van der Waals surface area contributed by atoms with Gasteiger partial charge in [-0.05, 0) is 36.1 Å². The average molecular weight is 581 g/mol. The molecule has 0 radical (unpaired) electrons. The second kappa shape index (κ2) is 9.07. The van der Waals surface area contributed by atoms with Crippen LogP contribution in [-0.4, -0.2) is 55.4 Å². The van der Waals surface area contributed by atoms with Crippen molar-refractivity contribution in [3.05, 3.63) is 77.9 Å². The molecule has 10 heteroatoms. The predicted molar refractivity (Wildman–Crippen MR) is 149 cm³/mol. The lowest BCUT2D eigenvalue weighted by molar-refractivity contribution is -0.106. The van der Waals surface area contributed by atoms with E-state index in [-0.39, 0.29) is 38.1 Å². The van der Waals surface area contributed by atoms with Crippen LogP contribution in [0.5, 0.6) is 0 Å². The van der Waals surface area contributed by atoms with Gasteiger partial charge in [0.2, 0.25) is 11.8 Å².